The molecular formula is C8H9IO2. The molecule has 0 saturated carbocycles. The second-order valence-electron chi connectivity index (χ2n) is 2.25. The number of phenols is 1. The average Bonchev–Trinajstić information content (AvgIpc) is 2.01. The second-order valence-corrected chi connectivity index (χ2v) is 3.33. The molecule has 3 heteroatoms. The van der Waals surface area contributed by atoms with Gasteiger partial charge in [-0.05, 0) is 41.1 Å². The van der Waals surface area contributed by atoms with Gasteiger partial charge in [-0.2, -0.15) is 0 Å². The second kappa shape index (κ2) is 3.30. The summed E-state index contributed by atoms with van der Waals surface area (Å²) in [5.74, 6) is 0.758. The van der Waals surface area contributed by atoms with Crippen LogP contribution >= 0.6 is 22.6 Å². The average molecular weight is 264 g/mol. The van der Waals surface area contributed by atoms with Crippen LogP contribution in [0, 0.1) is 10.5 Å². The number of hydrogen-bond acceptors (Lipinski definition) is 2. The number of aryl methyl sites for hydroxylation is 1. The van der Waals surface area contributed by atoms with Gasteiger partial charge >= 0.3 is 0 Å². The number of rotatable bonds is 1. The van der Waals surface area contributed by atoms with Crippen LogP contribution in [0.4, 0.5) is 0 Å². The molecule has 0 atom stereocenters. The fourth-order valence-corrected chi connectivity index (χ4v) is 1.26. The van der Waals surface area contributed by atoms with E-state index in [4.69, 9.17) is 4.74 Å². The Morgan fingerprint density at radius 1 is 1.45 bits per heavy atom. The molecule has 11 heavy (non-hydrogen) atoms. The van der Waals surface area contributed by atoms with Crippen LogP contribution in [0.2, 0.25) is 0 Å². The smallest absolute Gasteiger partial charge is 0.171 e. The van der Waals surface area contributed by atoms with E-state index in [0.29, 0.717) is 5.75 Å². The van der Waals surface area contributed by atoms with E-state index in [9.17, 15) is 5.11 Å². The minimum Gasteiger partial charge on any atom is -0.504 e. The van der Waals surface area contributed by atoms with Crippen LogP contribution in [-0.2, 0) is 0 Å². The van der Waals surface area contributed by atoms with Crippen molar-refractivity contribution in [3.8, 4) is 11.5 Å². The maximum absolute atomic E-state index is 9.45. The molecule has 0 unspecified atom stereocenters. The zero-order valence-corrected chi connectivity index (χ0v) is 8.55. The van der Waals surface area contributed by atoms with E-state index in [1.165, 1.54) is 0 Å². The van der Waals surface area contributed by atoms with Crippen molar-refractivity contribution in [2.24, 2.45) is 0 Å². The van der Waals surface area contributed by atoms with Crippen LogP contribution in [0.5, 0.6) is 11.5 Å². The van der Waals surface area contributed by atoms with Gasteiger partial charge in [0.1, 0.15) is 0 Å². The minimum atomic E-state index is 0.230. The van der Waals surface area contributed by atoms with Crippen molar-refractivity contribution in [3.63, 3.8) is 0 Å². The van der Waals surface area contributed by atoms with Crippen molar-refractivity contribution in [3.05, 3.63) is 21.3 Å². The highest BCUT2D eigenvalue weighted by Gasteiger charge is 2.06. The molecule has 1 aromatic rings. The fourth-order valence-electron chi connectivity index (χ4n) is 0.812. The molecule has 0 saturated heterocycles. The zero-order chi connectivity index (χ0) is 8.43. The van der Waals surface area contributed by atoms with Crippen LogP contribution in [0.1, 0.15) is 5.56 Å². The third kappa shape index (κ3) is 1.58. The number of hydrogen-bond donors (Lipinski definition) is 1. The first-order valence-electron chi connectivity index (χ1n) is 3.19. The maximum Gasteiger partial charge on any atom is 0.171 e. The summed E-state index contributed by atoms with van der Waals surface area (Å²) in [6.45, 7) is 1.95. The summed E-state index contributed by atoms with van der Waals surface area (Å²) in [6, 6.07) is 3.67. The molecule has 0 amide bonds. The Kier molecular flexibility index (Phi) is 2.59. The quantitative estimate of drug-likeness (QED) is 0.789. The van der Waals surface area contributed by atoms with Gasteiger partial charge in [-0.15, -0.1) is 0 Å². The molecule has 0 aromatic heterocycles. The van der Waals surface area contributed by atoms with Gasteiger partial charge in [-0.3, -0.25) is 0 Å². The number of halogens is 1. The van der Waals surface area contributed by atoms with Crippen LogP contribution < -0.4 is 4.74 Å². The lowest BCUT2D eigenvalue weighted by Crippen LogP contribution is -1.87. The van der Waals surface area contributed by atoms with Crippen LogP contribution in [-0.4, -0.2) is 12.2 Å². The molecule has 0 radical (unpaired) electrons. The largest absolute Gasteiger partial charge is 0.504 e. The first-order chi connectivity index (χ1) is 5.16. The molecule has 0 heterocycles. The first-order valence-corrected chi connectivity index (χ1v) is 4.26. The van der Waals surface area contributed by atoms with Gasteiger partial charge in [0.2, 0.25) is 0 Å². The number of aromatic hydroxyl groups is 1. The van der Waals surface area contributed by atoms with E-state index < -0.39 is 0 Å². The summed E-state index contributed by atoms with van der Waals surface area (Å²) in [5.41, 5.74) is 1.06. The van der Waals surface area contributed by atoms with Gasteiger partial charge in [-0.1, -0.05) is 6.07 Å². The van der Waals surface area contributed by atoms with Gasteiger partial charge in [0, 0.05) is 0 Å². The summed E-state index contributed by atoms with van der Waals surface area (Å²) in [6.07, 6.45) is 0. The van der Waals surface area contributed by atoms with Gasteiger partial charge in [0.15, 0.2) is 11.5 Å². The molecule has 1 rings (SSSR count). The third-order valence-electron chi connectivity index (χ3n) is 1.49. The number of benzene rings is 1. The highest BCUT2D eigenvalue weighted by molar-refractivity contribution is 14.1. The molecule has 0 spiro atoms. The van der Waals surface area contributed by atoms with E-state index in [0.717, 1.165) is 9.13 Å². The molecular weight excluding hydrogens is 255 g/mol. The van der Waals surface area contributed by atoms with Gasteiger partial charge in [0.25, 0.3) is 0 Å². The first kappa shape index (κ1) is 8.64. The summed E-state index contributed by atoms with van der Waals surface area (Å²) < 4.78 is 5.78. The van der Waals surface area contributed by atoms with Crippen molar-refractivity contribution in [1.82, 2.24) is 0 Å². The Morgan fingerprint density at radius 2 is 2.09 bits per heavy atom. The molecule has 0 fully saturated rings. The topological polar surface area (TPSA) is 29.5 Å². The predicted molar refractivity (Wildman–Crippen MR) is 52.1 cm³/mol. The molecule has 0 bridgehead atoms. The SMILES string of the molecule is COc1ccc(C)c(I)c1O. The molecule has 0 aliphatic carbocycles. The molecule has 1 N–H and O–H groups in total. The lowest BCUT2D eigenvalue weighted by atomic mass is 10.2. The molecule has 60 valence electrons. The molecule has 0 aliphatic rings. The van der Waals surface area contributed by atoms with Crippen molar-refractivity contribution in [2.45, 2.75) is 6.92 Å². The maximum atomic E-state index is 9.45. The summed E-state index contributed by atoms with van der Waals surface area (Å²) >= 11 is 2.09. The lowest BCUT2D eigenvalue weighted by molar-refractivity contribution is 0.371. The van der Waals surface area contributed by atoms with Crippen molar-refractivity contribution in [2.75, 3.05) is 7.11 Å². The van der Waals surface area contributed by atoms with Crippen LogP contribution in [0.3, 0.4) is 0 Å². The zero-order valence-electron chi connectivity index (χ0n) is 6.39. The highest BCUT2D eigenvalue weighted by atomic mass is 127. The summed E-state index contributed by atoms with van der Waals surface area (Å²) in [4.78, 5) is 0. The van der Waals surface area contributed by atoms with E-state index in [1.54, 1.807) is 13.2 Å². The summed E-state index contributed by atoms with van der Waals surface area (Å²) in [5, 5.41) is 9.45. The monoisotopic (exact) mass is 264 g/mol. The number of methoxy groups -OCH3 is 1. The van der Waals surface area contributed by atoms with Crippen LogP contribution in [0.25, 0.3) is 0 Å². The summed E-state index contributed by atoms with van der Waals surface area (Å²) in [7, 11) is 1.54. The Labute approximate surface area is 79.3 Å². The number of ether oxygens (including phenoxy) is 1. The van der Waals surface area contributed by atoms with Gasteiger partial charge in [0.05, 0.1) is 10.7 Å². The molecule has 2 nitrogen and oxygen atoms in total. The standard InChI is InChI=1S/C8H9IO2/c1-5-3-4-6(11-2)8(10)7(5)9/h3-4,10H,1-2H3. The van der Waals surface area contributed by atoms with E-state index in [1.807, 2.05) is 13.0 Å². The van der Waals surface area contributed by atoms with E-state index in [-0.39, 0.29) is 5.75 Å². The Hall–Kier alpha value is -0.450. The van der Waals surface area contributed by atoms with Crippen molar-refractivity contribution in [1.29, 1.82) is 0 Å². The van der Waals surface area contributed by atoms with Gasteiger partial charge < -0.3 is 9.84 Å². The Bertz CT molecular complexity index is 271. The third-order valence-corrected chi connectivity index (χ3v) is 2.85. The Balaban J connectivity index is 3.25. The minimum absolute atomic E-state index is 0.230. The van der Waals surface area contributed by atoms with Crippen molar-refractivity contribution < 1.29 is 9.84 Å². The van der Waals surface area contributed by atoms with Crippen molar-refractivity contribution >= 4 is 22.6 Å². The normalized spacial score (nSPS) is 9.73. The van der Waals surface area contributed by atoms with E-state index in [2.05, 4.69) is 22.6 Å². The fraction of sp³-hybridized carbons (Fsp3) is 0.250. The lowest BCUT2D eigenvalue weighted by Gasteiger charge is -2.06. The van der Waals surface area contributed by atoms with Crippen LogP contribution in [0.15, 0.2) is 12.1 Å². The molecule has 0 aliphatic heterocycles. The molecule has 1 aromatic carbocycles. The van der Waals surface area contributed by atoms with E-state index >= 15 is 0 Å². The number of phenolic OH excluding ortho intramolecular Hbond substituents is 1. The van der Waals surface area contributed by atoms with Gasteiger partial charge in [-0.25, -0.2) is 0 Å². The highest BCUT2D eigenvalue weighted by Crippen LogP contribution is 2.32. The predicted octanol–water partition coefficient (Wildman–Crippen LogP) is 2.31. The Morgan fingerprint density at radius 3 is 2.64 bits per heavy atom.